The quantitative estimate of drug-likeness (QED) is 0.327. The fourth-order valence-electron chi connectivity index (χ4n) is 1.63. The van der Waals surface area contributed by atoms with E-state index in [0.29, 0.717) is 6.61 Å². The Hall–Kier alpha value is -0.240. The first kappa shape index (κ1) is 15.8. The van der Waals surface area contributed by atoms with Crippen molar-refractivity contribution in [2.45, 2.75) is 70.6 Å². The van der Waals surface area contributed by atoms with Gasteiger partial charge >= 0.3 is 5.97 Å². The third kappa shape index (κ3) is 11.8. The summed E-state index contributed by atoms with van der Waals surface area (Å²) in [5.74, 6) is -0.203. The molecule has 0 saturated heterocycles. The third-order valence-corrected chi connectivity index (χ3v) is 3.02. The van der Waals surface area contributed by atoms with Crippen molar-refractivity contribution in [1.82, 2.24) is 0 Å². The summed E-state index contributed by atoms with van der Waals surface area (Å²) in [6.07, 6.45) is 9.37. The monoisotopic (exact) mass is 248 g/mol. The Balaban J connectivity index is 3.18. The van der Waals surface area contributed by atoms with Crippen LogP contribution in [0.15, 0.2) is 0 Å². The second kappa shape index (κ2) is 11.3. The summed E-state index contributed by atoms with van der Waals surface area (Å²) >= 11 is 6.17. The van der Waals surface area contributed by atoms with Gasteiger partial charge in [0, 0.05) is 12.3 Å². The highest BCUT2D eigenvalue weighted by atomic mass is 35.5. The molecule has 0 radical (unpaired) electrons. The molecule has 0 aromatic heterocycles. The predicted molar refractivity (Wildman–Crippen MR) is 68.9 cm³/mol. The lowest BCUT2D eigenvalue weighted by Crippen LogP contribution is -2.04. The van der Waals surface area contributed by atoms with Crippen molar-refractivity contribution >= 4 is 17.6 Å². The van der Waals surface area contributed by atoms with E-state index < -0.39 is 0 Å². The number of ether oxygens (including phenoxy) is 1. The van der Waals surface area contributed by atoms with Crippen molar-refractivity contribution in [2.24, 2.45) is 0 Å². The van der Waals surface area contributed by atoms with Gasteiger partial charge in [-0.25, -0.2) is 0 Å². The van der Waals surface area contributed by atoms with Crippen molar-refractivity contribution in [3.63, 3.8) is 0 Å². The van der Waals surface area contributed by atoms with Crippen LogP contribution in [0.25, 0.3) is 0 Å². The molecule has 0 aromatic carbocycles. The highest BCUT2D eigenvalue weighted by Crippen LogP contribution is 2.15. The molecule has 0 aromatic rings. The highest BCUT2D eigenvalue weighted by Gasteiger charge is 2.04. The van der Waals surface area contributed by atoms with Gasteiger partial charge in [0.15, 0.2) is 0 Å². The number of carbonyl (C=O) groups excluding carboxylic acids is 1. The van der Waals surface area contributed by atoms with Crippen molar-refractivity contribution in [2.75, 3.05) is 6.61 Å². The van der Waals surface area contributed by atoms with Crippen LogP contribution in [0.1, 0.15) is 65.2 Å². The van der Waals surface area contributed by atoms with Gasteiger partial charge in [-0.3, -0.25) is 4.79 Å². The minimum absolute atomic E-state index is 0.203. The first-order chi connectivity index (χ1) is 7.66. The maximum absolute atomic E-state index is 10.5. The molecule has 0 rings (SSSR count). The summed E-state index contributed by atoms with van der Waals surface area (Å²) in [6.45, 7) is 4.17. The average molecular weight is 249 g/mol. The lowest BCUT2D eigenvalue weighted by atomic mass is 10.1. The molecule has 0 N–H and O–H groups in total. The van der Waals surface area contributed by atoms with Gasteiger partial charge in [-0.1, -0.05) is 39.0 Å². The molecule has 0 spiro atoms. The number of unbranched alkanes of at least 4 members (excludes halogenated alkanes) is 4. The Kier molecular flexibility index (Phi) is 11.1. The largest absolute Gasteiger partial charge is 0.466 e. The topological polar surface area (TPSA) is 26.3 Å². The summed E-state index contributed by atoms with van der Waals surface area (Å²) in [4.78, 5) is 10.5. The smallest absolute Gasteiger partial charge is 0.302 e. The summed E-state index contributed by atoms with van der Waals surface area (Å²) < 4.78 is 4.85. The van der Waals surface area contributed by atoms with Crippen LogP contribution in [0.5, 0.6) is 0 Å². The number of rotatable bonds is 10. The Morgan fingerprint density at radius 3 is 2.38 bits per heavy atom. The average Bonchev–Trinajstić information content (AvgIpc) is 2.24. The van der Waals surface area contributed by atoms with Gasteiger partial charge in [-0.15, -0.1) is 11.6 Å². The van der Waals surface area contributed by atoms with Gasteiger partial charge < -0.3 is 4.74 Å². The Morgan fingerprint density at radius 1 is 1.12 bits per heavy atom. The van der Waals surface area contributed by atoms with E-state index in [4.69, 9.17) is 16.3 Å². The third-order valence-electron chi connectivity index (χ3n) is 2.59. The molecular formula is C13H25ClO2. The molecule has 1 unspecified atom stereocenters. The van der Waals surface area contributed by atoms with Crippen LogP contribution in [0.4, 0.5) is 0 Å². The Bertz CT molecular complexity index is 171. The summed E-state index contributed by atoms with van der Waals surface area (Å²) in [5, 5.41) is 0.247. The van der Waals surface area contributed by atoms with Crippen molar-refractivity contribution in [3.05, 3.63) is 0 Å². The molecule has 0 aliphatic carbocycles. The van der Waals surface area contributed by atoms with Crippen molar-refractivity contribution in [1.29, 1.82) is 0 Å². The zero-order chi connectivity index (χ0) is 12.2. The summed E-state index contributed by atoms with van der Waals surface area (Å²) in [6, 6.07) is 0. The summed E-state index contributed by atoms with van der Waals surface area (Å²) in [5.41, 5.74) is 0. The SMILES string of the molecule is CCCCCCCC(Cl)CCCOC(C)=O. The van der Waals surface area contributed by atoms with E-state index in [-0.39, 0.29) is 11.3 Å². The van der Waals surface area contributed by atoms with E-state index in [9.17, 15) is 4.79 Å². The van der Waals surface area contributed by atoms with Gasteiger partial charge in [-0.2, -0.15) is 0 Å². The summed E-state index contributed by atoms with van der Waals surface area (Å²) in [7, 11) is 0. The molecule has 0 bridgehead atoms. The van der Waals surface area contributed by atoms with Crippen LogP contribution >= 0.6 is 11.6 Å². The number of halogens is 1. The van der Waals surface area contributed by atoms with E-state index in [1.807, 2.05) is 0 Å². The fourth-order valence-corrected chi connectivity index (χ4v) is 1.94. The van der Waals surface area contributed by atoms with Gasteiger partial charge in [0.05, 0.1) is 6.61 Å². The zero-order valence-electron chi connectivity index (χ0n) is 10.6. The minimum Gasteiger partial charge on any atom is -0.466 e. The minimum atomic E-state index is -0.203. The number of esters is 1. The van der Waals surface area contributed by atoms with Gasteiger partial charge in [0.1, 0.15) is 0 Å². The fraction of sp³-hybridized carbons (Fsp3) is 0.923. The lowest BCUT2D eigenvalue weighted by Gasteiger charge is -2.08. The van der Waals surface area contributed by atoms with Crippen LogP contribution in [0.2, 0.25) is 0 Å². The molecular weight excluding hydrogens is 224 g/mol. The molecule has 0 aliphatic rings. The second-order valence-corrected chi connectivity index (χ2v) is 4.90. The molecule has 1 atom stereocenters. The van der Waals surface area contributed by atoms with Gasteiger partial charge in [-0.05, 0) is 19.3 Å². The van der Waals surface area contributed by atoms with Crippen LogP contribution in [-0.4, -0.2) is 18.0 Å². The number of carbonyl (C=O) groups is 1. The van der Waals surface area contributed by atoms with Crippen LogP contribution < -0.4 is 0 Å². The first-order valence-electron chi connectivity index (χ1n) is 6.44. The predicted octanol–water partition coefficient (Wildman–Crippen LogP) is 4.30. The maximum Gasteiger partial charge on any atom is 0.302 e. The molecule has 0 fully saturated rings. The highest BCUT2D eigenvalue weighted by molar-refractivity contribution is 6.20. The zero-order valence-corrected chi connectivity index (χ0v) is 11.4. The van der Waals surface area contributed by atoms with E-state index in [0.717, 1.165) is 19.3 Å². The van der Waals surface area contributed by atoms with E-state index in [1.54, 1.807) is 0 Å². The van der Waals surface area contributed by atoms with Crippen molar-refractivity contribution in [3.8, 4) is 0 Å². The van der Waals surface area contributed by atoms with Crippen molar-refractivity contribution < 1.29 is 9.53 Å². The van der Waals surface area contributed by atoms with Gasteiger partial charge in [0.2, 0.25) is 0 Å². The van der Waals surface area contributed by atoms with Crippen LogP contribution in [-0.2, 0) is 9.53 Å². The van der Waals surface area contributed by atoms with Crippen LogP contribution in [0, 0.1) is 0 Å². The second-order valence-electron chi connectivity index (χ2n) is 4.28. The molecule has 0 heterocycles. The number of hydrogen-bond acceptors (Lipinski definition) is 2. The molecule has 0 amide bonds. The normalized spacial score (nSPS) is 12.4. The lowest BCUT2D eigenvalue weighted by molar-refractivity contribution is -0.141. The molecule has 2 nitrogen and oxygen atoms in total. The van der Waals surface area contributed by atoms with E-state index >= 15 is 0 Å². The molecule has 0 aliphatic heterocycles. The Morgan fingerprint density at radius 2 is 1.75 bits per heavy atom. The number of hydrogen-bond donors (Lipinski definition) is 0. The maximum atomic E-state index is 10.5. The number of alkyl halides is 1. The Labute approximate surface area is 105 Å². The van der Waals surface area contributed by atoms with E-state index in [2.05, 4.69) is 6.92 Å². The van der Waals surface area contributed by atoms with Crippen LogP contribution in [0.3, 0.4) is 0 Å². The first-order valence-corrected chi connectivity index (χ1v) is 6.88. The molecule has 16 heavy (non-hydrogen) atoms. The molecule has 96 valence electrons. The molecule has 3 heteroatoms. The standard InChI is InChI=1S/C13H25ClO2/c1-3-4-5-6-7-9-13(14)10-8-11-16-12(2)15/h13H,3-11H2,1-2H3. The van der Waals surface area contributed by atoms with Gasteiger partial charge in [0.25, 0.3) is 0 Å². The van der Waals surface area contributed by atoms with E-state index in [1.165, 1.54) is 39.0 Å². The molecule has 0 saturated carbocycles.